The van der Waals surface area contributed by atoms with Gasteiger partial charge in [-0.3, -0.25) is 9.59 Å². The Morgan fingerprint density at radius 1 is 1.07 bits per heavy atom. The van der Waals surface area contributed by atoms with Crippen LogP contribution in [-0.2, 0) is 9.59 Å². The first kappa shape index (κ1) is 21.2. The topological polar surface area (TPSA) is 62.6 Å². The van der Waals surface area contributed by atoms with Crippen LogP contribution < -0.4 is 15.5 Å². The summed E-state index contributed by atoms with van der Waals surface area (Å²) >= 11 is 12.0. The van der Waals surface area contributed by atoms with E-state index in [1.54, 1.807) is 25.2 Å². The van der Waals surface area contributed by atoms with Gasteiger partial charge in [-0.25, -0.2) is 4.39 Å². The van der Waals surface area contributed by atoms with Crippen molar-refractivity contribution in [3.63, 3.8) is 0 Å². The van der Waals surface area contributed by atoms with Crippen LogP contribution in [0.4, 0.5) is 10.1 Å². The number of nitrogens with one attached hydrogen (secondary N) is 3. The van der Waals surface area contributed by atoms with Crippen LogP contribution in [0.15, 0.2) is 42.5 Å². The highest BCUT2D eigenvalue weighted by Crippen LogP contribution is 2.25. The molecule has 0 fully saturated rings. The van der Waals surface area contributed by atoms with E-state index >= 15 is 0 Å². The smallest absolute Gasteiger partial charge is 0.279 e. The highest BCUT2D eigenvalue weighted by atomic mass is 35.5. The number of quaternary nitrogens is 1. The molecule has 2 rings (SSSR count). The maximum Gasteiger partial charge on any atom is 0.279 e. The number of amides is 2. The summed E-state index contributed by atoms with van der Waals surface area (Å²) < 4.78 is 12.9. The quantitative estimate of drug-likeness (QED) is 0.653. The van der Waals surface area contributed by atoms with Crippen molar-refractivity contribution in [2.24, 2.45) is 0 Å². The molecule has 3 N–H and O–H groups in total. The van der Waals surface area contributed by atoms with Crippen molar-refractivity contribution in [1.82, 2.24) is 5.32 Å². The van der Waals surface area contributed by atoms with E-state index in [1.807, 2.05) is 6.92 Å². The predicted octanol–water partition coefficient (Wildman–Crippen LogP) is 2.46. The highest BCUT2D eigenvalue weighted by Gasteiger charge is 2.18. The van der Waals surface area contributed by atoms with Crippen LogP contribution in [0.5, 0.6) is 0 Å². The molecule has 2 aromatic carbocycles. The second kappa shape index (κ2) is 9.69. The molecule has 0 aliphatic carbocycles. The van der Waals surface area contributed by atoms with Gasteiger partial charge in [-0.1, -0.05) is 29.3 Å². The van der Waals surface area contributed by atoms with Gasteiger partial charge in [0.25, 0.3) is 11.8 Å². The predicted molar refractivity (Wildman–Crippen MR) is 105 cm³/mol. The zero-order chi connectivity index (χ0) is 20.0. The minimum Gasteiger partial charge on any atom is -0.345 e. The Labute approximate surface area is 167 Å². The van der Waals surface area contributed by atoms with Crippen LogP contribution in [0.2, 0.25) is 10.0 Å². The van der Waals surface area contributed by atoms with Crippen molar-refractivity contribution in [3.05, 3.63) is 63.9 Å². The van der Waals surface area contributed by atoms with Gasteiger partial charge in [0, 0.05) is 15.7 Å². The fraction of sp³-hybridized carbons (Fsp3) is 0.263. The lowest BCUT2D eigenvalue weighted by molar-refractivity contribution is -0.862. The maximum absolute atomic E-state index is 12.9. The monoisotopic (exact) mass is 412 g/mol. The Hall–Kier alpha value is -2.15. The van der Waals surface area contributed by atoms with E-state index in [4.69, 9.17) is 23.2 Å². The molecule has 0 saturated carbocycles. The van der Waals surface area contributed by atoms with Crippen LogP contribution in [0.25, 0.3) is 0 Å². The van der Waals surface area contributed by atoms with E-state index in [9.17, 15) is 14.0 Å². The molecule has 0 radical (unpaired) electrons. The number of benzene rings is 2. The van der Waals surface area contributed by atoms with Gasteiger partial charge in [-0.2, -0.15) is 0 Å². The molecule has 0 heterocycles. The largest absolute Gasteiger partial charge is 0.345 e. The molecule has 27 heavy (non-hydrogen) atoms. The molecule has 8 heteroatoms. The van der Waals surface area contributed by atoms with E-state index in [0.717, 1.165) is 5.56 Å². The molecule has 0 aliphatic heterocycles. The molecule has 1 unspecified atom stereocenters. The zero-order valence-corrected chi connectivity index (χ0v) is 16.5. The van der Waals surface area contributed by atoms with Gasteiger partial charge in [-0.05, 0) is 48.9 Å². The van der Waals surface area contributed by atoms with E-state index in [1.165, 1.54) is 24.3 Å². The Bertz CT molecular complexity index is 815. The lowest BCUT2D eigenvalue weighted by Gasteiger charge is -2.18. The molecular weight excluding hydrogens is 392 g/mol. The van der Waals surface area contributed by atoms with Crippen molar-refractivity contribution in [1.29, 1.82) is 0 Å². The lowest BCUT2D eigenvalue weighted by atomic mass is 10.1. The number of carbonyl (C=O) groups excluding carboxylic acids is 2. The van der Waals surface area contributed by atoms with Gasteiger partial charge in [0.05, 0.1) is 13.1 Å². The molecule has 2 amide bonds. The van der Waals surface area contributed by atoms with E-state index in [2.05, 4.69) is 10.6 Å². The molecule has 0 aliphatic rings. The summed E-state index contributed by atoms with van der Waals surface area (Å²) in [7, 11) is 1.74. The van der Waals surface area contributed by atoms with Gasteiger partial charge in [0.15, 0.2) is 13.1 Å². The average molecular weight is 413 g/mol. The first-order valence-electron chi connectivity index (χ1n) is 8.35. The number of hydrogen-bond donors (Lipinski definition) is 3. The Morgan fingerprint density at radius 3 is 2.33 bits per heavy atom. The lowest BCUT2D eigenvalue weighted by Crippen LogP contribution is -3.11. The number of halogens is 3. The average Bonchev–Trinajstić information content (AvgIpc) is 2.56. The summed E-state index contributed by atoms with van der Waals surface area (Å²) in [5, 5.41) is 6.53. The summed E-state index contributed by atoms with van der Waals surface area (Å²) in [4.78, 5) is 25.0. The minimum absolute atomic E-state index is 0.0981. The number of likely N-dealkylation sites (N-methyl/N-ethyl adjacent to an activating group) is 1. The molecule has 0 aromatic heterocycles. The highest BCUT2D eigenvalue weighted by molar-refractivity contribution is 6.35. The van der Waals surface area contributed by atoms with E-state index < -0.39 is 0 Å². The molecule has 144 valence electrons. The van der Waals surface area contributed by atoms with E-state index in [-0.39, 0.29) is 36.8 Å². The fourth-order valence-electron chi connectivity index (χ4n) is 2.57. The van der Waals surface area contributed by atoms with Crippen LogP contribution in [-0.4, -0.2) is 32.0 Å². The summed E-state index contributed by atoms with van der Waals surface area (Å²) in [6.07, 6.45) is 0. The second-order valence-electron chi connectivity index (χ2n) is 6.32. The fourth-order valence-corrected chi connectivity index (χ4v) is 3.14. The van der Waals surface area contributed by atoms with Gasteiger partial charge in [0.1, 0.15) is 5.82 Å². The number of rotatable bonds is 7. The zero-order valence-electron chi connectivity index (χ0n) is 15.0. The van der Waals surface area contributed by atoms with Crippen LogP contribution in [0.3, 0.4) is 0 Å². The van der Waals surface area contributed by atoms with Gasteiger partial charge in [-0.15, -0.1) is 0 Å². The standard InChI is InChI=1S/C19H20Cl2FN3O2/c1-12(16-8-3-13(20)9-17(16)21)23-18(26)10-25(2)11-19(27)24-15-6-4-14(22)5-7-15/h3-9,12H,10-11H2,1-2H3,(H,23,26)(H,24,27)/p+1/t12-/m0/s1. The maximum atomic E-state index is 12.9. The second-order valence-corrected chi connectivity index (χ2v) is 7.16. The van der Waals surface area contributed by atoms with Crippen LogP contribution in [0, 0.1) is 5.82 Å². The Balaban J connectivity index is 1.82. The number of anilines is 1. The summed E-state index contributed by atoms with van der Waals surface area (Å²) in [5.74, 6) is -0.844. The Morgan fingerprint density at radius 2 is 1.70 bits per heavy atom. The SMILES string of the molecule is C[C@H](NC(=O)C[NH+](C)CC(=O)Nc1ccc(F)cc1)c1ccc(Cl)cc1Cl. The van der Waals surface area contributed by atoms with Crippen molar-refractivity contribution >= 4 is 40.7 Å². The molecule has 2 atom stereocenters. The third kappa shape index (κ3) is 6.82. The molecular formula is C19H21Cl2FN3O2+. The van der Waals surface area contributed by atoms with E-state index in [0.29, 0.717) is 20.6 Å². The minimum atomic E-state index is -0.373. The normalized spacial score (nSPS) is 12.9. The van der Waals surface area contributed by atoms with Crippen LogP contribution in [0.1, 0.15) is 18.5 Å². The van der Waals surface area contributed by atoms with Crippen molar-refractivity contribution in [2.45, 2.75) is 13.0 Å². The van der Waals surface area contributed by atoms with Gasteiger partial charge in [0.2, 0.25) is 0 Å². The molecule has 0 bridgehead atoms. The first-order valence-corrected chi connectivity index (χ1v) is 9.11. The third-order valence-electron chi connectivity index (χ3n) is 3.86. The summed E-state index contributed by atoms with van der Waals surface area (Å²) in [6, 6.07) is 10.3. The molecule has 5 nitrogen and oxygen atoms in total. The summed E-state index contributed by atoms with van der Waals surface area (Å²) in [6.45, 7) is 2.04. The molecule has 0 saturated heterocycles. The number of carbonyl (C=O) groups is 2. The third-order valence-corrected chi connectivity index (χ3v) is 4.42. The first-order chi connectivity index (χ1) is 12.7. The summed E-state index contributed by atoms with van der Waals surface area (Å²) in [5.41, 5.74) is 1.27. The Kier molecular flexibility index (Phi) is 7.59. The van der Waals surface area contributed by atoms with Crippen molar-refractivity contribution < 1.29 is 18.9 Å². The van der Waals surface area contributed by atoms with Crippen LogP contribution >= 0.6 is 23.2 Å². The van der Waals surface area contributed by atoms with Crippen molar-refractivity contribution in [2.75, 3.05) is 25.5 Å². The number of hydrogen-bond acceptors (Lipinski definition) is 2. The van der Waals surface area contributed by atoms with Crippen molar-refractivity contribution in [3.8, 4) is 0 Å². The molecule has 0 spiro atoms. The van der Waals surface area contributed by atoms with Gasteiger partial charge < -0.3 is 15.5 Å². The molecule has 2 aromatic rings. The van der Waals surface area contributed by atoms with Gasteiger partial charge >= 0.3 is 0 Å².